The Balaban J connectivity index is 2.11. The molecule has 192 valence electrons. The predicted molar refractivity (Wildman–Crippen MR) is 136 cm³/mol. The summed E-state index contributed by atoms with van der Waals surface area (Å²) in [4.78, 5) is 0. The number of hydrogen-bond donors (Lipinski definition) is 0. The van der Waals surface area contributed by atoms with Gasteiger partial charge in [0, 0.05) is 15.9 Å². The lowest BCUT2D eigenvalue weighted by molar-refractivity contribution is -0.287. The molecule has 0 fully saturated rings. The van der Waals surface area contributed by atoms with E-state index in [0.29, 0.717) is 22.1 Å². The van der Waals surface area contributed by atoms with Crippen LogP contribution in [0.2, 0.25) is 5.02 Å². The van der Waals surface area contributed by atoms with E-state index < -0.39 is 19.2 Å². The first kappa shape index (κ1) is 26.1. The fraction of sp³-hybridized carbons (Fsp3) is 0.308. The molecule has 0 saturated carbocycles. The Bertz CT molecular complexity index is 1310. The SMILES string of the molecule is COc1cc(P(=O)(c2cc(C)c(OC)c(C)c2)c2cc(C)c(OC)c(C)c2)c(Cl)c2c1OC(F)(F)O2. The summed E-state index contributed by atoms with van der Waals surface area (Å²) in [6.07, 6.45) is -3.94. The summed E-state index contributed by atoms with van der Waals surface area (Å²) in [5, 5.41) is 0.714. The summed E-state index contributed by atoms with van der Waals surface area (Å²) in [7, 11) is 0.613. The highest BCUT2D eigenvalue weighted by atomic mass is 35.5. The summed E-state index contributed by atoms with van der Waals surface area (Å²) in [5.41, 5.74) is 3.02. The van der Waals surface area contributed by atoms with Gasteiger partial charge in [-0.25, -0.2) is 0 Å². The predicted octanol–water partition coefficient (Wildman–Crippen LogP) is 5.56. The number of rotatable bonds is 6. The highest BCUT2D eigenvalue weighted by Crippen LogP contribution is 2.56. The van der Waals surface area contributed by atoms with Crippen molar-refractivity contribution in [2.45, 2.75) is 34.0 Å². The summed E-state index contributed by atoms with van der Waals surface area (Å²) in [6.45, 7) is 7.36. The molecule has 1 heterocycles. The van der Waals surface area contributed by atoms with Gasteiger partial charge in [0.05, 0.1) is 26.4 Å². The monoisotopic (exact) mass is 538 g/mol. The van der Waals surface area contributed by atoms with Crippen LogP contribution in [0.4, 0.5) is 8.78 Å². The van der Waals surface area contributed by atoms with Crippen LogP contribution in [-0.4, -0.2) is 27.6 Å². The molecular formula is C26H26ClF2O6P. The first-order chi connectivity index (χ1) is 16.9. The Kier molecular flexibility index (Phi) is 6.65. The molecule has 0 saturated heterocycles. The lowest BCUT2D eigenvalue weighted by Gasteiger charge is -2.25. The number of alkyl halides is 2. The number of hydrogen-bond acceptors (Lipinski definition) is 6. The molecule has 0 atom stereocenters. The van der Waals surface area contributed by atoms with Crippen LogP contribution >= 0.6 is 18.7 Å². The van der Waals surface area contributed by atoms with E-state index in [1.807, 2.05) is 27.7 Å². The van der Waals surface area contributed by atoms with Crippen LogP contribution in [0.5, 0.6) is 28.7 Å². The molecule has 1 aliphatic rings. The molecule has 0 aromatic heterocycles. The first-order valence-corrected chi connectivity index (χ1v) is 13.0. The quantitative estimate of drug-likeness (QED) is 0.383. The highest BCUT2D eigenvalue weighted by Gasteiger charge is 2.48. The molecule has 3 aromatic rings. The van der Waals surface area contributed by atoms with Gasteiger partial charge >= 0.3 is 6.29 Å². The van der Waals surface area contributed by atoms with Crippen molar-refractivity contribution in [3.63, 3.8) is 0 Å². The van der Waals surface area contributed by atoms with Crippen LogP contribution in [0.1, 0.15) is 22.3 Å². The third kappa shape index (κ3) is 4.06. The molecule has 36 heavy (non-hydrogen) atoms. The van der Waals surface area contributed by atoms with Crippen LogP contribution < -0.4 is 39.6 Å². The molecule has 1 aliphatic heterocycles. The number of halogens is 3. The Morgan fingerprint density at radius 1 is 0.750 bits per heavy atom. The van der Waals surface area contributed by atoms with E-state index in [-0.39, 0.29) is 21.8 Å². The van der Waals surface area contributed by atoms with Gasteiger partial charge in [-0.05, 0) is 80.3 Å². The Morgan fingerprint density at radius 3 is 1.56 bits per heavy atom. The molecule has 3 aromatic carbocycles. The summed E-state index contributed by atoms with van der Waals surface area (Å²) in [5.74, 6) is 0.445. The van der Waals surface area contributed by atoms with Gasteiger partial charge < -0.3 is 28.2 Å². The molecule has 0 aliphatic carbocycles. The van der Waals surface area contributed by atoms with Crippen LogP contribution in [0.15, 0.2) is 30.3 Å². The minimum absolute atomic E-state index is 0.0778. The number of benzene rings is 3. The zero-order valence-corrected chi connectivity index (χ0v) is 22.6. The minimum atomic E-state index is -3.94. The van der Waals surface area contributed by atoms with Crippen LogP contribution in [0.25, 0.3) is 0 Å². The molecule has 4 rings (SSSR count). The highest BCUT2D eigenvalue weighted by molar-refractivity contribution is 7.85. The van der Waals surface area contributed by atoms with Crippen molar-refractivity contribution in [2.24, 2.45) is 0 Å². The number of aryl methyl sites for hydroxylation is 4. The zero-order chi connectivity index (χ0) is 26.6. The van der Waals surface area contributed by atoms with E-state index in [1.54, 1.807) is 38.5 Å². The molecule has 0 unspecified atom stereocenters. The second-order valence-corrected chi connectivity index (χ2v) is 11.7. The van der Waals surface area contributed by atoms with E-state index >= 15 is 4.57 Å². The Hall–Kier alpha value is -2.96. The molecule has 10 heteroatoms. The molecule has 0 amide bonds. The van der Waals surface area contributed by atoms with Gasteiger partial charge in [-0.2, -0.15) is 0 Å². The fourth-order valence-electron chi connectivity index (χ4n) is 4.70. The lowest BCUT2D eigenvalue weighted by Crippen LogP contribution is -2.28. The third-order valence-corrected chi connectivity index (χ3v) is 9.66. The van der Waals surface area contributed by atoms with E-state index in [9.17, 15) is 8.78 Å². The van der Waals surface area contributed by atoms with E-state index in [1.165, 1.54) is 13.2 Å². The van der Waals surface area contributed by atoms with Crippen molar-refractivity contribution in [2.75, 3.05) is 21.3 Å². The first-order valence-electron chi connectivity index (χ1n) is 11.0. The van der Waals surface area contributed by atoms with Gasteiger partial charge in [-0.1, -0.05) is 11.6 Å². The van der Waals surface area contributed by atoms with Gasteiger partial charge in [-0.3, -0.25) is 0 Å². The van der Waals surface area contributed by atoms with Gasteiger partial charge in [0.25, 0.3) is 0 Å². The number of fused-ring (bicyclic) bond motifs is 1. The maximum Gasteiger partial charge on any atom is 0.586 e. The summed E-state index contributed by atoms with van der Waals surface area (Å²) in [6, 6.07) is 8.39. The topological polar surface area (TPSA) is 63.2 Å². The van der Waals surface area contributed by atoms with E-state index in [2.05, 4.69) is 4.74 Å². The van der Waals surface area contributed by atoms with Crippen LogP contribution in [0.3, 0.4) is 0 Å². The largest absolute Gasteiger partial charge is 0.586 e. The summed E-state index contributed by atoms with van der Waals surface area (Å²) >= 11 is 6.66. The van der Waals surface area contributed by atoms with Crippen molar-refractivity contribution in [3.05, 3.63) is 57.6 Å². The maximum absolute atomic E-state index is 15.4. The Labute approximate surface area is 213 Å². The molecular weight excluding hydrogens is 513 g/mol. The van der Waals surface area contributed by atoms with Crippen LogP contribution in [-0.2, 0) is 4.57 Å². The molecule has 0 N–H and O–H groups in total. The lowest BCUT2D eigenvalue weighted by atomic mass is 10.1. The zero-order valence-electron chi connectivity index (χ0n) is 20.9. The Morgan fingerprint density at radius 2 is 1.17 bits per heavy atom. The fourth-order valence-corrected chi connectivity index (χ4v) is 8.27. The van der Waals surface area contributed by atoms with Gasteiger partial charge in [-0.15, -0.1) is 8.78 Å². The average molecular weight is 539 g/mol. The maximum atomic E-state index is 15.4. The average Bonchev–Trinajstić information content (AvgIpc) is 3.14. The van der Waals surface area contributed by atoms with Crippen molar-refractivity contribution in [1.82, 2.24) is 0 Å². The number of methoxy groups -OCH3 is 3. The minimum Gasteiger partial charge on any atom is -0.496 e. The normalized spacial score (nSPS) is 14.1. The van der Waals surface area contributed by atoms with Crippen molar-refractivity contribution in [1.29, 1.82) is 0 Å². The van der Waals surface area contributed by atoms with E-state index in [0.717, 1.165) is 22.3 Å². The van der Waals surface area contributed by atoms with Crippen molar-refractivity contribution >= 4 is 34.7 Å². The standard InChI is InChI=1S/C26H26ClF2O6P/c1-13-8-17(9-14(2)22(13)32-6)36(30,18-10-15(3)23(33-7)16(4)11-18)20-12-19(31-5)24-25(21(20)27)35-26(28,29)34-24/h8-12H,1-7H3. The van der Waals surface area contributed by atoms with E-state index in [4.69, 9.17) is 30.5 Å². The van der Waals surface area contributed by atoms with Gasteiger partial charge in [0.2, 0.25) is 5.75 Å². The second-order valence-electron chi connectivity index (χ2n) is 8.57. The molecule has 6 nitrogen and oxygen atoms in total. The molecule has 0 bridgehead atoms. The van der Waals surface area contributed by atoms with Gasteiger partial charge in [0.1, 0.15) is 11.5 Å². The van der Waals surface area contributed by atoms with Crippen LogP contribution in [0, 0.1) is 27.7 Å². The smallest absolute Gasteiger partial charge is 0.496 e. The summed E-state index contributed by atoms with van der Waals surface area (Å²) < 4.78 is 69.1. The molecule has 0 radical (unpaired) electrons. The van der Waals surface area contributed by atoms with Crippen molar-refractivity contribution in [3.8, 4) is 28.7 Å². The van der Waals surface area contributed by atoms with Gasteiger partial charge in [0.15, 0.2) is 18.6 Å². The number of ether oxygens (including phenoxy) is 5. The third-order valence-electron chi connectivity index (χ3n) is 6.15. The van der Waals surface area contributed by atoms with Crippen molar-refractivity contribution < 1.29 is 37.0 Å². The second kappa shape index (κ2) is 9.16. The molecule has 0 spiro atoms.